The predicted molar refractivity (Wildman–Crippen MR) is 111 cm³/mol. The Kier molecular flexibility index (Phi) is 7.52. The van der Waals surface area contributed by atoms with Crippen LogP contribution in [0.1, 0.15) is 56.9 Å². The number of thioether (sulfide) groups is 1. The molecule has 3 rings (SSSR count). The standard InChI is InChI=1S/C20H23F3N4O2S/c21-20(22,23)14-10-6-7-11-15(14)24-17(28)12-16-18(29)25-19(30-16)27-26-13-8-4-2-1-3-5-9-13/h6-7,10-11,16H,1-5,8-9,12H2,(H,24,28)(H,25,27,29)/t16-/m0/s1. The quantitative estimate of drug-likeness (QED) is 0.665. The lowest BCUT2D eigenvalue weighted by Gasteiger charge is -2.14. The van der Waals surface area contributed by atoms with E-state index in [-0.39, 0.29) is 12.1 Å². The van der Waals surface area contributed by atoms with E-state index in [9.17, 15) is 22.8 Å². The summed E-state index contributed by atoms with van der Waals surface area (Å²) >= 11 is 1.06. The second-order valence-corrected chi connectivity index (χ2v) is 8.42. The first-order valence-corrected chi connectivity index (χ1v) is 10.8. The van der Waals surface area contributed by atoms with Gasteiger partial charge in [-0.15, -0.1) is 5.10 Å². The Bertz CT molecular complexity index is 845. The average Bonchev–Trinajstić information content (AvgIpc) is 2.99. The number of benzene rings is 1. The lowest BCUT2D eigenvalue weighted by atomic mass is 9.99. The Morgan fingerprint density at radius 2 is 1.77 bits per heavy atom. The van der Waals surface area contributed by atoms with E-state index >= 15 is 0 Å². The van der Waals surface area contributed by atoms with Crippen LogP contribution in [0, 0.1) is 0 Å². The second kappa shape index (κ2) is 10.1. The van der Waals surface area contributed by atoms with Crippen LogP contribution >= 0.6 is 11.8 Å². The molecular weight excluding hydrogens is 417 g/mol. The van der Waals surface area contributed by atoms with Gasteiger partial charge in [0.25, 0.3) is 0 Å². The number of nitrogens with zero attached hydrogens (tertiary/aromatic N) is 2. The van der Waals surface area contributed by atoms with E-state index in [1.54, 1.807) is 0 Å². The molecule has 0 radical (unpaired) electrons. The molecule has 30 heavy (non-hydrogen) atoms. The Morgan fingerprint density at radius 1 is 1.10 bits per heavy atom. The zero-order valence-corrected chi connectivity index (χ0v) is 17.1. The van der Waals surface area contributed by atoms with Gasteiger partial charge in [0.1, 0.15) is 5.25 Å². The highest BCUT2D eigenvalue weighted by Crippen LogP contribution is 2.34. The minimum absolute atomic E-state index is 0.266. The molecule has 1 atom stereocenters. The third-order valence-corrected chi connectivity index (χ3v) is 5.94. The molecule has 1 aliphatic carbocycles. The Hall–Kier alpha value is -2.36. The predicted octanol–water partition coefficient (Wildman–Crippen LogP) is 4.72. The number of amides is 2. The van der Waals surface area contributed by atoms with Crippen LogP contribution in [0.5, 0.6) is 0 Å². The van der Waals surface area contributed by atoms with E-state index < -0.39 is 28.8 Å². The van der Waals surface area contributed by atoms with Crippen LogP contribution in [0.4, 0.5) is 18.9 Å². The normalized spacial score (nSPS) is 21.7. The van der Waals surface area contributed by atoms with Gasteiger partial charge in [0.05, 0.1) is 11.3 Å². The summed E-state index contributed by atoms with van der Waals surface area (Å²) in [6.07, 6.45) is 2.67. The number of carbonyl (C=O) groups excluding carboxylic acids is 2. The van der Waals surface area contributed by atoms with Gasteiger partial charge < -0.3 is 10.6 Å². The van der Waals surface area contributed by atoms with Crippen LogP contribution in [0.2, 0.25) is 0 Å². The first-order chi connectivity index (χ1) is 14.3. The molecule has 6 nitrogen and oxygen atoms in total. The van der Waals surface area contributed by atoms with E-state index in [1.165, 1.54) is 37.5 Å². The van der Waals surface area contributed by atoms with Crippen molar-refractivity contribution in [3.05, 3.63) is 29.8 Å². The molecule has 2 N–H and O–H groups in total. The molecule has 0 bridgehead atoms. The maximum absolute atomic E-state index is 13.1. The lowest BCUT2D eigenvalue weighted by molar-refractivity contribution is -0.137. The lowest BCUT2D eigenvalue weighted by Crippen LogP contribution is -2.28. The molecular formula is C20H23F3N4O2S. The fraction of sp³-hybridized carbons (Fsp3) is 0.500. The highest BCUT2D eigenvalue weighted by atomic mass is 32.2. The molecule has 1 aromatic rings. The fourth-order valence-corrected chi connectivity index (χ4v) is 4.24. The van der Waals surface area contributed by atoms with Gasteiger partial charge in [-0.3, -0.25) is 9.59 Å². The summed E-state index contributed by atoms with van der Waals surface area (Å²) in [6, 6.07) is 4.73. The number of anilines is 1. The molecule has 1 saturated carbocycles. The number of para-hydroxylation sites is 1. The van der Waals surface area contributed by atoms with Crippen molar-refractivity contribution in [2.24, 2.45) is 10.2 Å². The maximum Gasteiger partial charge on any atom is 0.418 e. The van der Waals surface area contributed by atoms with Crippen molar-refractivity contribution in [2.45, 2.75) is 62.8 Å². The highest BCUT2D eigenvalue weighted by Gasteiger charge is 2.35. The molecule has 0 unspecified atom stereocenters. The molecule has 2 aliphatic rings. The molecule has 1 saturated heterocycles. The van der Waals surface area contributed by atoms with Gasteiger partial charge in [0.2, 0.25) is 11.8 Å². The minimum atomic E-state index is -4.58. The Morgan fingerprint density at radius 3 is 2.47 bits per heavy atom. The van der Waals surface area contributed by atoms with E-state index in [0.29, 0.717) is 5.17 Å². The van der Waals surface area contributed by atoms with Crippen molar-refractivity contribution in [1.82, 2.24) is 5.32 Å². The van der Waals surface area contributed by atoms with Crippen LogP contribution in [0.15, 0.2) is 34.5 Å². The monoisotopic (exact) mass is 440 g/mol. The number of hydrogen-bond donors (Lipinski definition) is 2. The fourth-order valence-electron chi connectivity index (χ4n) is 3.33. The molecule has 0 spiro atoms. The van der Waals surface area contributed by atoms with Gasteiger partial charge >= 0.3 is 6.18 Å². The molecule has 1 aromatic carbocycles. The molecule has 0 aromatic heterocycles. The van der Waals surface area contributed by atoms with E-state index in [4.69, 9.17) is 0 Å². The largest absolute Gasteiger partial charge is 0.418 e. The van der Waals surface area contributed by atoms with Gasteiger partial charge in [-0.2, -0.15) is 18.3 Å². The summed E-state index contributed by atoms with van der Waals surface area (Å²) in [5.74, 6) is -1.08. The average molecular weight is 440 g/mol. The van der Waals surface area contributed by atoms with E-state index in [2.05, 4.69) is 20.8 Å². The summed E-state index contributed by atoms with van der Waals surface area (Å²) in [4.78, 5) is 24.4. The summed E-state index contributed by atoms with van der Waals surface area (Å²) in [7, 11) is 0. The maximum atomic E-state index is 13.1. The number of nitrogens with one attached hydrogen (secondary N) is 2. The first-order valence-electron chi connectivity index (χ1n) is 9.90. The SMILES string of the molecule is O=C(C[C@@H]1S/C(=N/N=C2CCCCCCC2)NC1=O)Nc1ccccc1C(F)(F)F. The Labute approximate surface area is 176 Å². The third kappa shape index (κ3) is 6.32. The first kappa shape index (κ1) is 22.3. The topological polar surface area (TPSA) is 82.9 Å². The van der Waals surface area contributed by atoms with Crippen LogP contribution in [-0.4, -0.2) is 27.9 Å². The number of carbonyl (C=O) groups is 2. The van der Waals surface area contributed by atoms with Crippen LogP contribution in [0.25, 0.3) is 0 Å². The summed E-state index contributed by atoms with van der Waals surface area (Å²) < 4.78 is 39.2. The molecule has 2 fully saturated rings. The van der Waals surface area contributed by atoms with Crippen LogP contribution in [-0.2, 0) is 15.8 Å². The molecule has 2 amide bonds. The second-order valence-electron chi connectivity index (χ2n) is 7.23. The molecule has 1 heterocycles. The van der Waals surface area contributed by atoms with Gasteiger partial charge in [-0.1, -0.05) is 43.2 Å². The molecule has 10 heteroatoms. The highest BCUT2D eigenvalue weighted by molar-refractivity contribution is 8.15. The zero-order chi connectivity index (χ0) is 21.6. The minimum Gasteiger partial charge on any atom is -0.325 e. The summed E-state index contributed by atoms with van der Waals surface area (Å²) in [5, 5.41) is 12.8. The zero-order valence-electron chi connectivity index (χ0n) is 16.3. The van der Waals surface area contributed by atoms with Crippen molar-refractivity contribution in [1.29, 1.82) is 0 Å². The van der Waals surface area contributed by atoms with Crippen molar-refractivity contribution < 1.29 is 22.8 Å². The number of hydrogen-bond acceptors (Lipinski definition) is 5. The van der Waals surface area contributed by atoms with Gasteiger partial charge in [-0.05, 0) is 37.8 Å². The van der Waals surface area contributed by atoms with Crippen molar-refractivity contribution in [3.63, 3.8) is 0 Å². The van der Waals surface area contributed by atoms with Crippen molar-refractivity contribution >= 4 is 40.1 Å². The van der Waals surface area contributed by atoms with Crippen LogP contribution < -0.4 is 10.6 Å². The van der Waals surface area contributed by atoms with Crippen LogP contribution in [0.3, 0.4) is 0 Å². The molecule has 1 aliphatic heterocycles. The van der Waals surface area contributed by atoms with Gasteiger partial charge in [-0.25, -0.2) is 0 Å². The number of alkyl halides is 3. The Balaban J connectivity index is 1.59. The van der Waals surface area contributed by atoms with E-state index in [1.807, 2.05) is 0 Å². The van der Waals surface area contributed by atoms with E-state index in [0.717, 1.165) is 49.2 Å². The van der Waals surface area contributed by atoms with Crippen molar-refractivity contribution in [2.75, 3.05) is 5.32 Å². The summed E-state index contributed by atoms with van der Waals surface area (Å²) in [6.45, 7) is 0. The van der Waals surface area contributed by atoms with Crippen molar-refractivity contribution in [3.8, 4) is 0 Å². The van der Waals surface area contributed by atoms with Gasteiger partial charge in [0.15, 0.2) is 5.17 Å². The number of rotatable bonds is 4. The molecule has 162 valence electrons. The summed E-state index contributed by atoms with van der Waals surface area (Å²) in [5.41, 5.74) is -0.260. The number of halogens is 3. The van der Waals surface area contributed by atoms with Gasteiger partial charge in [0, 0.05) is 12.1 Å². The third-order valence-electron chi connectivity index (χ3n) is 4.87. The number of amidine groups is 1. The smallest absolute Gasteiger partial charge is 0.325 e.